The van der Waals surface area contributed by atoms with E-state index in [-0.39, 0.29) is 17.9 Å². The highest BCUT2D eigenvalue weighted by molar-refractivity contribution is 5.79. The number of hydrogen-bond acceptors (Lipinski definition) is 2. The molecule has 2 unspecified atom stereocenters. The zero-order valence-corrected chi connectivity index (χ0v) is 11.2. The number of amides is 1. The summed E-state index contributed by atoms with van der Waals surface area (Å²) in [4.78, 5) is 14.0. The van der Waals surface area contributed by atoms with Gasteiger partial charge >= 0.3 is 0 Å². The molecule has 1 aromatic carbocycles. The fraction of sp³-hybridized carbons (Fsp3) is 0.533. The third-order valence-corrected chi connectivity index (χ3v) is 4.23. The monoisotopic (exact) mass is 280 g/mol. The summed E-state index contributed by atoms with van der Waals surface area (Å²) < 4.78 is 26.7. The summed E-state index contributed by atoms with van der Waals surface area (Å²) >= 11 is 0. The van der Waals surface area contributed by atoms with Crippen LogP contribution in [0.15, 0.2) is 18.2 Å². The van der Waals surface area contributed by atoms with Gasteiger partial charge in [0.25, 0.3) is 0 Å². The van der Waals surface area contributed by atoms with E-state index in [1.165, 1.54) is 6.42 Å². The van der Waals surface area contributed by atoms with E-state index < -0.39 is 11.6 Å². The number of hydrogen-bond donors (Lipinski definition) is 1. The molecule has 0 spiro atoms. The summed E-state index contributed by atoms with van der Waals surface area (Å²) in [7, 11) is 0. The largest absolute Gasteiger partial charge is 0.341 e. The minimum atomic E-state index is -0.519. The zero-order valence-electron chi connectivity index (χ0n) is 11.2. The molecule has 5 heteroatoms. The third kappa shape index (κ3) is 2.82. The van der Waals surface area contributed by atoms with Crippen molar-refractivity contribution in [1.29, 1.82) is 0 Å². The number of likely N-dealkylation sites (tertiary alicyclic amines) is 1. The molecule has 2 bridgehead atoms. The van der Waals surface area contributed by atoms with Crippen molar-refractivity contribution in [2.24, 2.45) is 0 Å². The predicted octanol–water partition coefficient (Wildman–Crippen LogP) is 1.86. The SMILES string of the molecule is O=C(Cc1cc(F)ccc1F)N1CCC2CCC(C1)N2. The van der Waals surface area contributed by atoms with Crippen LogP contribution in [0.2, 0.25) is 0 Å². The van der Waals surface area contributed by atoms with Gasteiger partial charge in [-0.1, -0.05) is 0 Å². The van der Waals surface area contributed by atoms with Gasteiger partial charge in [-0.05, 0) is 37.5 Å². The molecule has 108 valence electrons. The van der Waals surface area contributed by atoms with Crippen LogP contribution in [-0.4, -0.2) is 36.0 Å². The molecular formula is C15H18F2N2O. The van der Waals surface area contributed by atoms with Crippen molar-refractivity contribution in [2.75, 3.05) is 13.1 Å². The van der Waals surface area contributed by atoms with Gasteiger partial charge in [-0.25, -0.2) is 8.78 Å². The normalized spacial score (nSPS) is 25.6. The molecule has 2 aliphatic rings. The highest BCUT2D eigenvalue weighted by Crippen LogP contribution is 2.21. The van der Waals surface area contributed by atoms with Crippen LogP contribution in [0.5, 0.6) is 0 Å². The van der Waals surface area contributed by atoms with Crippen LogP contribution in [0.1, 0.15) is 24.8 Å². The van der Waals surface area contributed by atoms with Crippen LogP contribution in [0.25, 0.3) is 0 Å². The highest BCUT2D eigenvalue weighted by atomic mass is 19.1. The molecule has 2 saturated heterocycles. The number of carbonyl (C=O) groups is 1. The van der Waals surface area contributed by atoms with Crippen molar-refractivity contribution < 1.29 is 13.6 Å². The van der Waals surface area contributed by atoms with Crippen LogP contribution >= 0.6 is 0 Å². The topological polar surface area (TPSA) is 32.3 Å². The smallest absolute Gasteiger partial charge is 0.227 e. The molecule has 2 heterocycles. The number of halogens is 2. The lowest BCUT2D eigenvalue weighted by atomic mass is 10.1. The summed E-state index contributed by atoms with van der Waals surface area (Å²) in [5.74, 6) is -1.15. The minimum absolute atomic E-state index is 0.0685. The Hall–Kier alpha value is -1.49. The van der Waals surface area contributed by atoms with Gasteiger partial charge in [0.1, 0.15) is 11.6 Å². The van der Waals surface area contributed by atoms with Crippen LogP contribution in [0.4, 0.5) is 8.78 Å². The fourth-order valence-electron chi connectivity index (χ4n) is 3.12. The Morgan fingerprint density at radius 1 is 1.25 bits per heavy atom. The fourth-order valence-corrected chi connectivity index (χ4v) is 3.12. The first-order valence-electron chi connectivity index (χ1n) is 7.09. The van der Waals surface area contributed by atoms with Crippen LogP contribution in [0.3, 0.4) is 0 Å². The van der Waals surface area contributed by atoms with E-state index in [0.717, 1.165) is 31.0 Å². The Bertz CT molecular complexity index is 521. The lowest BCUT2D eigenvalue weighted by molar-refractivity contribution is -0.130. The van der Waals surface area contributed by atoms with E-state index in [4.69, 9.17) is 0 Å². The van der Waals surface area contributed by atoms with Gasteiger partial charge < -0.3 is 10.2 Å². The summed E-state index contributed by atoms with van der Waals surface area (Å²) in [6, 6.07) is 4.10. The first-order chi connectivity index (χ1) is 9.61. The number of nitrogens with zero attached hydrogens (tertiary/aromatic N) is 1. The molecule has 20 heavy (non-hydrogen) atoms. The number of carbonyl (C=O) groups excluding carboxylic acids is 1. The summed E-state index contributed by atoms with van der Waals surface area (Å²) in [6.07, 6.45) is 3.13. The van der Waals surface area contributed by atoms with Crippen molar-refractivity contribution >= 4 is 5.91 Å². The van der Waals surface area contributed by atoms with E-state index in [1.807, 2.05) is 0 Å². The number of nitrogens with one attached hydrogen (secondary N) is 1. The van der Waals surface area contributed by atoms with Crippen molar-refractivity contribution in [1.82, 2.24) is 10.2 Å². The standard InChI is InChI=1S/C15H18F2N2O/c16-11-1-4-14(17)10(7-11)8-15(20)19-6-5-12-2-3-13(9-19)18-12/h1,4,7,12-13,18H,2-3,5-6,8-9H2. The third-order valence-electron chi connectivity index (χ3n) is 4.23. The Labute approximate surface area is 117 Å². The van der Waals surface area contributed by atoms with E-state index in [9.17, 15) is 13.6 Å². The van der Waals surface area contributed by atoms with Crippen molar-refractivity contribution in [3.8, 4) is 0 Å². The number of benzene rings is 1. The zero-order chi connectivity index (χ0) is 14.1. The second-order valence-corrected chi connectivity index (χ2v) is 5.68. The van der Waals surface area contributed by atoms with Crippen molar-refractivity contribution in [3.63, 3.8) is 0 Å². The van der Waals surface area contributed by atoms with Gasteiger partial charge in [0.2, 0.25) is 5.91 Å². The van der Waals surface area contributed by atoms with Gasteiger partial charge in [0.15, 0.2) is 0 Å². The van der Waals surface area contributed by atoms with Gasteiger partial charge in [-0.15, -0.1) is 0 Å². The van der Waals surface area contributed by atoms with Gasteiger partial charge in [0, 0.05) is 30.7 Å². The first kappa shape index (κ1) is 13.5. The molecule has 2 atom stereocenters. The Balaban J connectivity index is 1.68. The predicted molar refractivity (Wildman–Crippen MR) is 71.2 cm³/mol. The molecule has 2 aliphatic heterocycles. The van der Waals surface area contributed by atoms with E-state index in [0.29, 0.717) is 25.2 Å². The van der Waals surface area contributed by atoms with Crippen molar-refractivity contribution in [2.45, 2.75) is 37.8 Å². The average molecular weight is 280 g/mol. The van der Waals surface area contributed by atoms with Crippen LogP contribution < -0.4 is 5.32 Å². The first-order valence-corrected chi connectivity index (χ1v) is 7.09. The maximum Gasteiger partial charge on any atom is 0.227 e. The maximum absolute atomic E-state index is 13.6. The van der Waals surface area contributed by atoms with Gasteiger partial charge in [-0.2, -0.15) is 0 Å². The molecule has 3 rings (SSSR count). The summed E-state index contributed by atoms with van der Waals surface area (Å²) in [6.45, 7) is 1.37. The molecule has 1 aromatic rings. The quantitative estimate of drug-likeness (QED) is 0.897. The van der Waals surface area contributed by atoms with Gasteiger partial charge in [-0.3, -0.25) is 4.79 Å². The minimum Gasteiger partial charge on any atom is -0.341 e. The Kier molecular flexibility index (Phi) is 3.70. The lowest BCUT2D eigenvalue weighted by Gasteiger charge is -2.24. The van der Waals surface area contributed by atoms with E-state index in [1.54, 1.807) is 4.90 Å². The van der Waals surface area contributed by atoms with Crippen LogP contribution in [-0.2, 0) is 11.2 Å². The Morgan fingerprint density at radius 2 is 2.05 bits per heavy atom. The lowest BCUT2D eigenvalue weighted by Crippen LogP contribution is -2.39. The summed E-state index contributed by atoms with van der Waals surface area (Å²) in [5, 5.41) is 3.49. The van der Waals surface area contributed by atoms with Crippen LogP contribution in [0, 0.1) is 11.6 Å². The molecule has 0 aromatic heterocycles. The van der Waals surface area contributed by atoms with Crippen molar-refractivity contribution in [3.05, 3.63) is 35.4 Å². The molecule has 1 amide bonds. The highest BCUT2D eigenvalue weighted by Gasteiger charge is 2.31. The molecule has 3 nitrogen and oxygen atoms in total. The molecular weight excluding hydrogens is 262 g/mol. The molecule has 0 aliphatic carbocycles. The molecule has 0 radical (unpaired) electrons. The number of rotatable bonds is 2. The van der Waals surface area contributed by atoms with E-state index in [2.05, 4.69) is 5.32 Å². The number of fused-ring (bicyclic) bond motifs is 2. The maximum atomic E-state index is 13.6. The Morgan fingerprint density at radius 3 is 2.90 bits per heavy atom. The summed E-state index contributed by atoms with van der Waals surface area (Å²) in [5.41, 5.74) is 0.136. The molecule has 0 saturated carbocycles. The molecule has 1 N–H and O–H groups in total. The average Bonchev–Trinajstić information content (AvgIpc) is 2.73. The van der Waals surface area contributed by atoms with E-state index >= 15 is 0 Å². The molecule has 2 fully saturated rings. The second-order valence-electron chi connectivity index (χ2n) is 5.68. The second kappa shape index (κ2) is 5.48. The van der Waals surface area contributed by atoms with Gasteiger partial charge in [0.05, 0.1) is 6.42 Å².